The largest absolute Gasteiger partial charge is 0.465 e. The third-order valence-electron chi connectivity index (χ3n) is 2.39. The Balaban J connectivity index is 2.24. The van der Waals surface area contributed by atoms with E-state index in [0.29, 0.717) is 22.6 Å². The summed E-state index contributed by atoms with van der Waals surface area (Å²) in [6.45, 7) is 0. The first-order valence-corrected chi connectivity index (χ1v) is 6.23. The SMILES string of the molecule is COC(=O)c1ccc(N)c(NC(=O)c2cscn2)c1. The summed E-state index contributed by atoms with van der Waals surface area (Å²) >= 11 is 1.32. The highest BCUT2D eigenvalue weighted by Crippen LogP contribution is 2.21. The van der Waals surface area contributed by atoms with Gasteiger partial charge in [-0.3, -0.25) is 4.79 Å². The molecule has 0 aliphatic heterocycles. The Labute approximate surface area is 113 Å². The van der Waals surface area contributed by atoms with Crippen LogP contribution < -0.4 is 11.1 Å². The lowest BCUT2D eigenvalue weighted by Crippen LogP contribution is -2.14. The van der Waals surface area contributed by atoms with E-state index in [2.05, 4.69) is 15.0 Å². The van der Waals surface area contributed by atoms with Crippen LogP contribution in [0.15, 0.2) is 29.1 Å². The van der Waals surface area contributed by atoms with E-state index in [1.54, 1.807) is 10.9 Å². The van der Waals surface area contributed by atoms with Crippen LogP contribution in [-0.4, -0.2) is 24.0 Å². The van der Waals surface area contributed by atoms with Crippen LogP contribution >= 0.6 is 11.3 Å². The summed E-state index contributed by atoms with van der Waals surface area (Å²) in [5.74, 6) is -0.876. The number of nitrogens with two attached hydrogens (primary N) is 1. The second-order valence-electron chi connectivity index (χ2n) is 3.62. The minimum absolute atomic E-state index is 0.299. The maximum Gasteiger partial charge on any atom is 0.337 e. The molecule has 2 aromatic rings. The Morgan fingerprint density at radius 3 is 2.84 bits per heavy atom. The molecule has 0 atom stereocenters. The topological polar surface area (TPSA) is 94.3 Å². The Morgan fingerprint density at radius 2 is 2.21 bits per heavy atom. The molecule has 1 aromatic heterocycles. The number of nitrogen functional groups attached to an aromatic ring is 1. The number of hydrogen-bond donors (Lipinski definition) is 2. The second-order valence-corrected chi connectivity index (χ2v) is 4.34. The van der Waals surface area contributed by atoms with E-state index in [4.69, 9.17) is 5.73 Å². The van der Waals surface area contributed by atoms with E-state index >= 15 is 0 Å². The summed E-state index contributed by atoms with van der Waals surface area (Å²) in [5, 5.41) is 4.23. The molecule has 0 spiro atoms. The lowest BCUT2D eigenvalue weighted by molar-refractivity contribution is 0.0600. The highest BCUT2D eigenvalue weighted by molar-refractivity contribution is 7.07. The van der Waals surface area contributed by atoms with E-state index in [9.17, 15) is 9.59 Å². The van der Waals surface area contributed by atoms with Gasteiger partial charge in [0.05, 0.1) is 29.6 Å². The molecule has 3 N–H and O–H groups in total. The molecule has 1 amide bonds. The fourth-order valence-corrected chi connectivity index (χ4v) is 1.95. The molecule has 0 aliphatic rings. The van der Waals surface area contributed by atoms with Gasteiger partial charge in [-0.2, -0.15) is 0 Å². The third kappa shape index (κ3) is 2.89. The number of carbonyl (C=O) groups is 2. The lowest BCUT2D eigenvalue weighted by atomic mass is 10.1. The zero-order valence-electron chi connectivity index (χ0n) is 10.0. The summed E-state index contributed by atoms with van der Waals surface area (Å²) in [5.41, 5.74) is 8.62. The molecule has 0 saturated heterocycles. The van der Waals surface area contributed by atoms with Crippen molar-refractivity contribution in [3.63, 3.8) is 0 Å². The fraction of sp³-hybridized carbons (Fsp3) is 0.0833. The number of nitrogens with zero attached hydrogens (tertiary/aromatic N) is 1. The van der Waals surface area contributed by atoms with Gasteiger partial charge in [0.15, 0.2) is 0 Å². The zero-order chi connectivity index (χ0) is 13.8. The number of amides is 1. The van der Waals surface area contributed by atoms with Gasteiger partial charge in [0.2, 0.25) is 0 Å². The number of nitrogens with one attached hydrogen (secondary N) is 1. The summed E-state index contributed by atoms with van der Waals surface area (Å²) in [6.07, 6.45) is 0. The van der Waals surface area contributed by atoms with Crippen LogP contribution in [-0.2, 0) is 4.74 Å². The Bertz CT molecular complexity index is 611. The molecule has 0 bridgehead atoms. The van der Waals surface area contributed by atoms with Gasteiger partial charge in [-0.15, -0.1) is 11.3 Å². The van der Waals surface area contributed by atoms with E-state index in [0.717, 1.165) is 0 Å². The fourth-order valence-electron chi connectivity index (χ4n) is 1.42. The van der Waals surface area contributed by atoms with Gasteiger partial charge in [-0.1, -0.05) is 0 Å². The number of anilines is 2. The molecule has 0 saturated carbocycles. The number of benzene rings is 1. The van der Waals surface area contributed by atoms with Crippen LogP contribution in [0.5, 0.6) is 0 Å². The van der Waals surface area contributed by atoms with Crippen molar-refractivity contribution in [1.82, 2.24) is 4.98 Å². The third-order valence-corrected chi connectivity index (χ3v) is 2.97. The number of methoxy groups -OCH3 is 1. The molecule has 1 aromatic carbocycles. The van der Waals surface area contributed by atoms with Crippen molar-refractivity contribution in [3.05, 3.63) is 40.3 Å². The number of aromatic nitrogens is 1. The van der Waals surface area contributed by atoms with Gasteiger partial charge in [-0.05, 0) is 18.2 Å². The van der Waals surface area contributed by atoms with E-state index in [-0.39, 0.29) is 5.91 Å². The van der Waals surface area contributed by atoms with Crippen molar-refractivity contribution < 1.29 is 14.3 Å². The normalized spacial score (nSPS) is 9.95. The van der Waals surface area contributed by atoms with E-state index < -0.39 is 5.97 Å². The average Bonchev–Trinajstić information content (AvgIpc) is 2.94. The predicted octanol–water partition coefficient (Wildman–Crippen LogP) is 1.76. The van der Waals surface area contributed by atoms with Crippen molar-refractivity contribution in [2.75, 3.05) is 18.2 Å². The molecular formula is C12H11N3O3S. The standard InChI is InChI=1S/C12H11N3O3S/c1-18-12(17)7-2-3-8(13)9(4-7)15-11(16)10-5-19-6-14-10/h2-6H,13H2,1H3,(H,15,16). The molecule has 98 valence electrons. The molecule has 1 heterocycles. The Kier molecular flexibility index (Phi) is 3.76. The molecule has 2 rings (SSSR count). The molecular weight excluding hydrogens is 266 g/mol. The molecule has 0 unspecified atom stereocenters. The van der Waals surface area contributed by atoms with Gasteiger partial charge in [0.25, 0.3) is 5.91 Å². The van der Waals surface area contributed by atoms with E-state index in [1.807, 2.05) is 0 Å². The maximum absolute atomic E-state index is 11.8. The predicted molar refractivity (Wildman–Crippen MR) is 72.3 cm³/mol. The van der Waals surface area contributed by atoms with Crippen molar-refractivity contribution in [3.8, 4) is 0 Å². The van der Waals surface area contributed by atoms with Crippen LogP contribution in [0.2, 0.25) is 0 Å². The van der Waals surface area contributed by atoms with Gasteiger partial charge in [-0.25, -0.2) is 9.78 Å². The first-order chi connectivity index (χ1) is 9.11. The van der Waals surface area contributed by atoms with Gasteiger partial charge >= 0.3 is 5.97 Å². The van der Waals surface area contributed by atoms with Gasteiger partial charge in [0.1, 0.15) is 5.69 Å². The second kappa shape index (κ2) is 5.49. The summed E-state index contributed by atoms with van der Waals surface area (Å²) in [7, 11) is 1.28. The van der Waals surface area contributed by atoms with Crippen LogP contribution in [0.3, 0.4) is 0 Å². The van der Waals surface area contributed by atoms with Crippen LogP contribution in [0.1, 0.15) is 20.8 Å². The molecule has 6 nitrogen and oxygen atoms in total. The number of rotatable bonds is 3. The Hall–Kier alpha value is -2.41. The average molecular weight is 277 g/mol. The van der Waals surface area contributed by atoms with Crippen molar-refractivity contribution in [2.45, 2.75) is 0 Å². The summed E-state index contributed by atoms with van der Waals surface area (Å²) < 4.78 is 4.61. The highest BCUT2D eigenvalue weighted by Gasteiger charge is 2.12. The van der Waals surface area contributed by atoms with Gasteiger partial charge < -0.3 is 15.8 Å². The first-order valence-electron chi connectivity index (χ1n) is 5.29. The highest BCUT2D eigenvalue weighted by atomic mass is 32.1. The lowest BCUT2D eigenvalue weighted by Gasteiger charge is -2.08. The molecule has 7 heteroatoms. The number of thiazole rings is 1. The summed E-state index contributed by atoms with van der Waals surface area (Å²) in [6, 6.07) is 4.52. The Morgan fingerprint density at radius 1 is 1.42 bits per heavy atom. The van der Waals surface area contributed by atoms with Crippen LogP contribution in [0.4, 0.5) is 11.4 Å². The van der Waals surface area contributed by atoms with E-state index in [1.165, 1.54) is 36.6 Å². The maximum atomic E-state index is 11.8. The molecule has 0 radical (unpaired) electrons. The summed E-state index contributed by atoms with van der Waals surface area (Å²) in [4.78, 5) is 27.1. The first kappa shape index (κ1) is 13.0. The minimum Gasteiger partial charge on any atom is -0.465 e. The number of hydrogen-bond acceptors (Lipinski definition) is 6. The van der Waals surface area contributed by atoms with Crippen molar-refractivity contribution in [2.24, 2.45) is 0 Å². The smallest absolute Gasteiger partial charge is 0.337 e. The molecule has 0 fully saturated rings. The molecule has 19 heavy (non-hydrogen) atoms. The number of carbonyl (C=O) groups excluding carboxylic acids is 2. The minimum atomic E-state index is -0.496. The van der Waals surface area contributed by atoms with Gasteiger partial charge in [0, 0.05) is 5.38 Å². The monoisotopic (exact) mass is 277 g/mol. The number of esters is 1. The molecule has 0 aliphatic carbocycles. The van der Waals surface area contributed by atoms with Crippen molar-refractivity contribution >= 4 is 34.6 Å². The number of ether oxygens (including phenoxy) is 1. The van der Waals surface area contributed by atoms with Crippen LogP contribution in [0.25, 0.3) is 0 Å². The van der Waals surface area contributed by atoms with Crippen molar-refractivity contribution in [1.29, 1.82) is 0 Å². The quantitative estimate of drug-likeness (QED) is 0.658. The zero-order valence-corrected chi connectivity index (χ0v) is 10.9. The van der Waals surface area contributed by atoms with Crippen LogP contribution in [0, 0.1) is 0 Å².